The monoisotopic (exact) mass is 266 g/mol. The summed E-state index contributed by atoms with van der Waals surface area (Å²) in [4.78, 5) is 0. The molecular formula is C15H22O2S. The molecule has 0 aliphatic carbocycles. The van der Waals surface area contributed by atoms with Gasteiger partial charge in [-0.05, 0) is 54.9 Å². The molecule has 0 amide bonds. The molecule has 3 heteroatoms. The van der Waals surface area contributed by atoms with E-state index in [-0.39, 0.29) is 12.5 Å². The predicted molar refractivity (Wildman–Crippen MR) is 77.3 cm³/mol. The van der Waals surface area contributed by atoms with Gasteiger partial charge in [0.15, 0.2) is 0 Å². The smallest absolute Gasteiger partial charge is 0.119 e. The van der Waals surface area contributed by atoms with Gasteiger partial charge in [-0.3, -0.25) is 0 Å². The number of aliphatic hydroxyl groups excluding tert-OH is 1. The summed E-state index contributed by atoms with van der Waals surface area (Å²) in [5.41, 5.74) is 1.21. The average Bonchev–Trinajstić information content (AvgIpc) is 2.41. The summed E-state index contributed by atoms with van der Waals surface area (Å²) in [5, 5.41) is 9.52. The van der Waals surface area contributed by atoms with Gasteiger partial charge in [-0.25, -0.2) is 0 Å². The zero-order chi connectivity index (χ0) is 12.8. The number of hydrogen-bond donors (Lipinski definition) is 1. The molecule has 0 aromatic heterocycles. The highest BCUT2D eigenvalue weighted by Gasteiger charge is 2.23. The zero-order valence-electron chi connectivity index (χ0n) is 11.0. The van der Waals surface area contributed by atoms with Crippen molar-refractivity contribution in [3.05, 3.63) is 29.8 Å². The van der Waals surface area contributed by atoms with Crippen LogP contribution in [0.25, 0.3) is 0 Å². The van der Waals surface area contributed by atoms with Gasteiger partial charge in [0, 0.05) is 12.5 Å². The Labute approximate surface area is 114 Å². The van der Waals surface area contributed by atoms with E-state index < -0.39 is 0 Å². The number of hydrogen-bond acceptors (Lipinski definition) is 3. The molecule has 1 saturated heterocycles. The van der Waals surface area contributed by atoms with Crippen molar-refractivity contribution in [1.29, 1.82) is 0 Å². The highest BCUT2D eigenvalue weighted by atomic mass is 32.2. The van der Waals surface area contributed by atoms with Crippen LogP contribution >= 0.6 is 11.8 Å². The van der Waals surface area contributed by atoms with Crippen LogP contribution in [0.4, 0.5) is 0 Å². The molecule has 18 heavy (non-hydrogen) atoms. The quantitative estimate of drug-likeness (QED) is 0.888. The Morgan fingerprint density at radius 1 is 1.39 bits per heavy atom. The summed E-state index contributed by atoms with van der Waals surface area (Å²) < 4.78 is 5.83. The Bertz CT molecular complexity index is 361. The van der Waals surface area contributed by atoms with E-state index in [1.807, 2.05) is 30.0 Å². The summed E-state index contributed by atoms with van der Waals surface area (Å²) in [7, 11) is 0. The van der Waals surface area contributed by atoms with Crippen LogP contribution in [-0.2, 0) is 0 Å². The first-order valence-corrected chi connectivity index (χ1v) is 7.83. The van der Waals surface area contributed by atoms with E-state index in [9.17, 15) is 5.11 Å². The Hall–Kier alpha value is -0.670. The Morgan fingerprint density at radius 3 is 2.83 bits per heavy atom. The maximum absolute atomic E-state index is 9.52. The lowest BCUT2D eigenvalue weighted by Gasteiger charge is -2.28. The van der Waals surface area contributed by atoms with Gasteiger partial charge in [-0.2, -0.15) is 11.8 Å². The second kappa shape index (κ2) is 7.05. The molecule has 100 valence electrons. The van der Waals surface area contributed by atoms with Crippen molar-refractivity contribution >= 4 is 11.8 Å². The Morgan fingerprint density at radius 2 is 2.17 bits per heavy atom. The molecule has 2 nitrogen and oxygen atoms in total. The molecule has 2 rings (SSSR count). The molecule has 1 unspecified atom stereocenters. The van der Waals surface area contributed by atoms with Gasteiger partial charge in [0.25, 0.3) is 0 Å². The molecule has 1 N–H and O–H groups in total. The van der Waals surface area contributed by atoms with E-state index in [1.54, 1.807) is 0 Å². The lowest BCUT2D eigenvalue weighted by Crippen LogP contribution is -2.28. The summed E-state index contributed by atoms with van der Waals surface area (Å²) in [6, 6.07) is 8.11. The van der Waals surface area contributed by atoms with Crippen molar-refractivity contribution in [3.63, 3.8) is 0 Å². The van der Waals surface area contributed by atoms with Gasteiger partial charge >= 0.3 is 0 Å². The summed E-state index contributed by atoms with van der Waals surface area (Å²) in [6.45, 7) is 2.94. The van der Waals surface area contributed by atoms with Crippen molar-refractivity contribution in [2.75, 3.05) is 24.7 Å². The van der Waals surface area contributed by atoms with E-state index in [0.29, 0.717) is 12.5 Å². The van der Waals surface area contributed by atoms with Crippen LogP contribution in [0.3, 0.4) is 0 Å². The fraction of sp³-hybridized carbons (Fsp3) is 0.600. The average molecular weight is 266 g/mol. The SMILES string of the molecule is Cc1cccc(OCC(CO)C2CCSCC2)c1. The van der Waals surface area contributed by atoms with Gasteiger partial charge in [0.2, 0.25) is 0 Å². The molecule has 1 aromatic rings. The number of benzene rings is 1. The third-order valence-electron chi connectivity index (χ3n) is 3.62. The third kappa shape index (κ3) is 3.92. The maximum Gasteiger partial charge on any atom is 0.119 e. The van der Waals surface area contributed by atoms with Gasteiger partial charge < -0.3 is 9.84 Å². The molecule has 1 atom stereocenters. The second-order valence-corrected chi connectivity index (χ2v) is 6.24. The van der Waals surface area contributed by atoms with Crippen LogP contribution in [-0.4, -0.2) is 29.8 Å². The largest absolute Gasteiger partial charge is 0.493 e. The number of aliphatic hydroxyl groups is 1. The molecule has 0 spiro atoms. The molecule has 1 aromatic carbocycles. The fourth-order valence-electron chi connectivity index (χ4n) is 2.43. The lowest BCUT2D eigenvalue weighted by atomic mass is 9.88. The van der Waals surface area contributed by atoms with Crippen molar-refractivity contribution in [2.24, 2.45) is 11.8 Å². The fourth-order valence-corrected chi connectivity index (χ4v) is 3.58. The van der Waals surface area contributed by atoms with Crippen LogP contribution in [0.15, 0.2) is 24.3 Å². The van der Waals surface area contributed by atoms with Crippen LogP contribution < -0.4 is 4.74 Å². The molecule has 0 saturated carbocycles. The molecule has 0 bridgehead atoms. The number of aryl methyl sites for hydroxylation is 1. The summed E-state index contributed by atoms with van der Waals surface area (Å²) in [5.74, 6) is 4.28. The van der Waals surface area contributed by atoms with E-state index >= 15 is 0 Å². The zero-order valence-corrected chi connectivity index (χ0v) is 11.8. The van der Waals surface area contributed by atoms with E-state index in [2.05, 4.69) is 13.0 Å². The first-order chi connectivity index (χ1) is 8.79. The van der Waals surface area contributed by atoms with Crippen molar-refractivity contribution < 1.29 is 9.84 Å². The van der Waals surface area contributed by atoms with Crippen molar-refractivity contribution in [2.45, 2.75) is 19.8 Å². The summed E-state index contributed by atoms with van der Waals surface area (Å²) >= 11 is 2.02. The van der Waals surface area contributed by atoms with Crippen LogP contribution in [0, 0.1) is 18.8 Å². The van der Waals surface area contributed by atoms with E-state index in [0.717, 1.165) is 5.75 Å². The second-order valence-electron chi connectivity index (χ2n) is 5.02. The van der Waals surface area contributed by atoms with Gasteiger partial charge in [0.1, 0.15) is 5.75 Å². The van der Waals surface area contributed by atoms with Gasteiger partial charge in [0.05, 0.1) is 6.61 Å². The van der Waals surface area contributed by atoms with Gasteiger partial charge in [-0.1, -0.05) is 12.1 Å². The minimum atomic E-state index is 0.237. The number of thioether (sulfide) groups is 1. The topological polar surface area (TPSA) is 29.5 Å². The molecule has 1 heterocycles. The Kier molecular flexibility index (Phi) is 5.39. The highest BCUT2D eigenvalue weighted by molar-refractivity contribution is 7.99. The third-order valence-corrected chi connectivity index (χ3v) is 4.67. The standard InChI is InChI=1S/C15H22O2S/c1-12-3-2-4-15(9-12)17-11-14(10-16)13-5-7-18-8-6-13/h2-4,9,13-14,16H,5-8,10-11H2,1H3. The summed E-state index contributed by atoms with van der Waals surface area (Å²) in [6.07, 6.45) is 2.43. The van der Waals surface area contributed by atoms with Crippen molar-refractivity contribution in [1.82, 2.24) is 0 Å². The first kappa shape index (κ1) is 13.8. The van der Waals surface area contributed by atoms with Gasteiger partial charge in [-0.15, -0.1) is 0 Å². The van der Waals surface area contributed by atoms with Crippen molar-refractivity contribution in [3.8, 4) is 5.75 Å². The van der Waals surface area contributed by atoms with E-state index in [1.165, 1.54) is 29.9 Å². The molecule has 1 aliphatic heterocycles. The van der Waals surface area contributed by atoms with E-state index in [4.69, 9.17) is 4.74 Å². The predicted octanol–water partition coefficient (Wildman–Crippen LogP) is 3.13. The first-order valence-electron chi connectivity index (χ1n) is 6.67. The van der Waals surface area contributed by atoms with Crippen LogP contribution in [0.1, 0.15) is 18.4 Å². The lowest BCUT2D eigenvalue weighted by molar-refractivity contribution is 0.113. The van der Waals surface area contributed by atoms with Crippen LogP contribution in [0.2, 0.25) is 0 Å². The minimum Gasteiger partial charge on any atom is -0.493 e. The number of ether oxygens (including phenoxy) is 1. The minimum absolute atomic E-state index is 0.237. The Balaban J connectivity index is 1.86. The maximum atomic E-state index is 9.52. The normalized spacial score (nSPS) is 18.6. The highest BCUT2D eigenvalue weighted by Crippen LogP contribution is 2.29. The molecular weight excluding hydrogens is 244 g/mol. The molecule has 1 fully saturated rings. The number of rotatable bonds is 5. The van der Waals surface area contributed by atoms with Crippen LogP contribution in [0.5, 0.6) is 5.75 Å². The molecule has 1 aliphatic rings. The molecule has 0 radical (unpaired) electrons.